The molecule has 0 aliphatic heterocycles. The zero-order chi connectivity index (χ0) is 10.9. The van der Waals surface area contributed by atoms with Crippen LogP contribution in [0.3, 0.4) is 0 Å². The summed E-state index contributed by atoms with van der Waals surface area (Å²) in [5.74, 6) is 2.50. The molecule has 0 heterocycles. The number of hydrogen-bond acceptors (Lipinski definition) is 2. The average molecular weight is 223 g/mol. The van der Waals surface area contributed by atoms with Crippen LogP contribution in [0.25, 0.3) is 0 Å². The summed E-state index contributed by atoms with van der Waals surface area (Å²) >= 11 is 2.04. The topological polar surface area (TPSA) is 12.0 Å². The van der Waals surface area contributed by atoms with E-state index in [9.17, 15) is 0 Å². The van der Waals surface area contributed by atoms with Crippen LogP contribution < -0.4 is 5.32 Å². The normalized spacial score (nSPS) is 10.3. The Bertz CT molecular complexity index is 273. The lowest BCUT2D eigenvalue weighted by Gasteiger charge is -2.06. The van der Waals surface area contributed by atoms with E-state index >= 15 is 0 Å². The Morgan fingerprint density at radius 2 is 2.13 bits per heavy atom. The van der Waals surface area contributed by atoms with Crippen LogP contribution >= 0.6 is 11.8 Å². The van der Waals surface area contributed by atoms with Crippen molar-refractivity contribution in [3.05, 3.63) is 29.8 Å². The van der Waals surface area contributed by atoms with E-state index in [1.807, 2.05) is 11.8 Å². The zero-order valence-electron chi connectivity index (χ0n) is 9.75. The molecule has 0 aliphatic rings. The summed E-state index contributed by atoms with van der Waals surface area (Å²) in [6, 6.07) is 8.55. The number of rotatable bonds is 7. The number of thioether (sulfide) groups is 1. The lowest BCUT2D eigenvalue weighted by atomic mass is 10.2. The van der Waals surface area contributed by atoms with Crippen LogP contribution in [0.2, 0.25) is 0 Å². The van der Waals surface area contributed by atoms with Crippen molar-refractivity contribution in [2.45, 2.75) is 26.7 Å². The maximum atomic E-state index is 3.44. The third kappa shape index (κ3) is 5.73. The average Bonchev–Trinajstić information content (AvgIpc) is 2.23. The van der Waals surface area contributed by atoms with Crippen LogP contribution in [0.5, 0.6) is 0 Å². The predicted molar refractivity (Wildman–Crippen MR) is 71.9 cm³/mol. The second-order valence-electron chi connectivity index (χ2n) is 3.76. The minimum atomic E-state index is 1.07. The van der Waals surface area contributed by atoms with Crippen molar-refractivity contribution < 1.29 is 0 Å². The molecule has 0 bridgehead atoms. The summed E-state index contributed by atoms with van der Waals surface area (Å²) in [7, 11) is 0. The molecule has 0 radical (unpaired) electrons. The maximum Gasteiger partial charge on any atom is 0.0343 e. The van der Waals surface area contributed by atoms with E-state index in [0.717, 1.165) is 6.54 Å². The van der Waals surface area contributed by atoms with Crippen molar-refractivity contribution in [2.75, 3.05) is 23.4 Å². The van der Waals surface area contributed by atoms with Crippen LogP contribution in [-0.2, 0) is 0 Å². The number of benzene rings is 1. The van der Waals surface area contributed by atoms with E-state index in [0.29, 0.717) is 0 Å². The second kappa shape index (κ2) is 7.63. The first kappa shape index (κ1) is 12.4. The molecule has 15 heavy (non-hydrogen) atoms. The first-order chi connectivity index (χ1) is 7.33. The summed E-state index contributed by atoms with van der Waals surface area (Å²) in [6.07, 6.45) is 2.65. The molecule has 1 aromatic rings. The fourth-order valence-corrected chi connectivity index (χ4v) is 2.31. The highest BCUT2D eigenvalue weighted by molar-refractivity contribution is 7.99. The van der Waals surface area contributed by atoms with Gasteiger partial charge in [0.05, 0.1) is 0 Å². The van der Waals surface area contributed by atoms with Gasteiger partial charge < -0.3 is 5.32 Å². The van der Waals surface area contributed by atoms with Gasteiger partial charge in [0.2, 0.25) is 0 Å². The molecule has 0 aromatic heterocycles. The molecule has 0 amide bonds. The van der Waals surface area contributed by atoms with Gasteiger partial charge >= 0.3 is 0 Å². The Morgan fingerprint density at radius 3 is 2.87 bits per heavy atom. The molecule has 0 saturated heterocycles. The Hall–Kier alpha value is -0.630. The lowest BCUT2D eigenvalue weighted by molar-refractivity contribution is 0.896. The number of unbranched alkanes of at least 4 members (excludes halogenated alkanes) is 1. The second-order valence-corrected chi connectivity index (χ2v) is 4.99. The third-order valence-corrected chi connectivity index (χ3v) is 3.31. The van der Waals surface area contributed by atoms with Crippen molar-refractivity contribution in [3.63, 3.8) is 0 Å². The molecular weight excluding hydrogens is 202 g/mol. The molecule has 0 aliphatic carbocycles. The maximum absolute atomic E-state index is 3.44. The van der Waals surface area contributed by atoms with Crippen molar-refractivity contribution in [3.8, 4) is 0 Å². The summed E-state index contributed by atoms with van der Waals surface area (Å²) < 4.78 is 0. The van der Waals surface area contributed by atoms with Gasteiger partial charge in [0.1, 0.15) is 0 Å². The molecule has 0 spiro atoms. The van der Waals surface area contributed by atoms with Crippen molar-refractivity contribution in [1.82, 2.24) is 0 Å². The molecule has 1 aromatic carbocycles. The zero-order valence-corrected chi connectivity index (χ0v) is 10.6. The first-order valence-corrected chi connectivity index (χ1v) is 6.86. The van der Waals surface area contributed by atoms with Crippen molar-refractivity contribution >= 4 is 17.4 Å². The predicted octanol–water partition coefficient (Wildman–Crippen LogP) is 3.94. The largest absolute Gasteiger partial charge is 0.384 e. The molecule has 1 N–H and O–H groups in total. The van der Waals surface area contributed by atoms with Gasteiger partial charge in [0.25, 0.3) is 0 Å². The monoisotopic (exact) mass is 223 g/mol. The molecule has 84 valence electrons. The van der Waals surface area contributed by atoms with Gasteiger partial charge in [0, 0.05) is 18.0 Å². The van der Waals surface area contributed by atoms with Gasteiger partial charge in [0.15, 0.2) is 0 Å². The van der Waals surface area contributed by atoms with Gasteiger partial charge in [-0.3, -0.25) is 0 Å². The third-order valence-electron chi connectivity index (χ3n) is 2.24. The van der Waals surface area contributed by atoms with Gasteiger partial charge in [-0.15, -0.1) is 0 Å². The number of hydrogen-bond donors (Lipinski definition) is 1. The molecule has 0 fully saturated rings. The molecule has 1 rings (SSSR count). The Labute approximate surface area is 97.7 Å². The minimum absolute atomic E-state index is 1.07. The first-order valence-electron chi connectivity index (χ1n) is 5.71. The number of nitrogens with one attached hydrogen (secondary N) is 1. The molecule has 1 nitrogen and oxygen atoms in total. The van der Waals surface area contributed by atoms with E-state index in [4.69, 9.17) is 0 Å². The van der Waals surface area contributed by atoms with E-state index in [1.165, 1.54) is 35.6 Å². The summed E-state index contributed by atoms with van der Waals surface area (Å²) in [6.45, 7) is 5.44. The summed E-state index contributed by atoms with van der Waals surface area (Å²) in [5.41, 5.74) is 2.56. The van der Waals surface area contributed by atoms with E-state index in [2.05, 4.69) is 43.4 Å². The van der Waals surface area contributed by atoms with E-state index < -0.39 is 0 Å². The van der Waals surface area contributed by atoms with Crippen molar-refractivity contribution in [2.24, 2.45) is 0 Å². The highest BCUT2D eigenvalue weighted by Crippen LogP contribution is 2.10. The molecule has 2 heteroatoms. The highest BCUT2D eigenvalue weighted by Gasteiger charge is 1.92. The van der Waals surface area contributed by atoms with Crippen LogP contribution in [0, 0.1) is 6.92 Å². The SMILES string of the molecule is CCCCSCCNc1cccc(C)c1. The van der Waals surface area contributed by atoms with E-state index in [-0.39, 0.29) is 0 Å². The van der Waals surface area contributed by atoms with Crippen LogP contribution in [0.1, 0.15) is 25.3 Å². The quantitative estimate of drug-likeness (QED) is 0.703. The Kier molecular flexibility index (Phi) is 6.33. The van der Waals surface area contributed by atoms with Crippen LogP contribution in [0.15, 0.2) is 24.3 Å². The van der Waals surface area contributed by atoms with E-state index in [1.54, 1.807) is 0 Å². The number of aryl methyl sites for hydroxylation is 1. The number of anilines is 1. The van der Waals surface area contributed by atoms with Gasteiger partial charge in [-0.25, -0.2) is 0 Å². The van der Waals surface area contributed by atoms with Crippen LogP contribution in [0.4, 0.5) is 5.69 Å². The summed E-state index contributed by atoms with van der Waals surface area (Å²) in [5, 5.41) is 3.44. The molecular formula is C13H21NS. The Balaban J connectivity index is 2.10. The fraction of sp³-hybridized carbons (Fsp3) is 0.538. The van der Waals surface area contributed by atoms with Gasteiger partial charge in [-0.1, -0.05) is 25.5 Å². The van der Waals surface area contributed by atoms with Crippen LogP contribution in [-0.4, -0.2) is 18.1 Å². The van der Waals surface area contributed by atoms with Crippen molar-refractivity contribution in [1.29, 1.82) is 0 Å². The van der Waals surface area contributed by atoms with Gasteiger partial charge in [-0.05, 0) is 36.8 Å². The minimum Gasteiger partial charge on any atom is -0.384 e. The smallest absolute Gasteiger partial charge is 0.0343 e. The molecule has 0 atom stereocenters. The molecule has 0 unspecified atom stereocenters. The summed E-state index contributed by atoms with van der Waals surface area (Å²) in [4.78, 5) is 0. The lowest BCUT2D eigenvalue weighted by Crippen LogP contribution is -2.04. The molecule has 0 saturated carbocycles. The highest BCUT2D eigenvalue weighted by atomic mass is 32.2. The van der Waals surface area contributed by atoms with Gasteiger partial charge in [-0.2, -0.15) is 11.8 Å². The standard InChI is InChI=1S/C13H21NS/c1-3-4-9-15-10-8-14-13-7-5-6-12(2)11-13/h5-7,11,14H,3-4,8-10H2,1-2H3. The Morgan fingerprint density at radius 1 is 1.27 bits per heavy atom. The fourth-order valence-electron chi connectivity index (χ4n) is 1.37.